The van der Waals surface area contributed by atoms with Crippen LogP contribution in [0.2, 0.25) is 0 Å². The number of hydrogen-bond acceptors (Lipinski definition) is 9. The lowest BCUT2D eigenvalue weighted by atomic mass is 10.1. The van der Waals surface area contributed by atoms with Crippen LogP contribution in [0.3, 0.4) is 0 Å². The molecule has 4 heterocycles. The standard InChI is InChI=1S/C24H23FN6O4/c25-19-5-3-4-18(20-14-17(35-28-20)15-27-21-7-13-34-29-21)24(19)31-11-9-30(10-12-31)23(32)16-33-22-6-1-2-8-26-22/h1-8,13-14H,9-12,15-16H2,(H,27,29). The summed E-state index contributed by atoms with van der Waals surface area (Å²) in [4.78, 5) is 20.3. The second-order valence-electron chi connectivity index (χ2n) is 7.88. The first-order valence-electron chi connectivity index (χ1n) is 11.1. The SMILES string of the molecule is O=C(COc1ccccn1)N1CCN(c2c(F)cccc2-c2cc(CNc3ccon3)on2)CC1. The second kappa shape index (κ2) is 10.2. The normalized spacial score (nSPS) is 13.6. The van der Waals surface area contributed by atoms with E-state index in [-0.39, 0.29) is 18.3 Å². The summed E-state index contributed by atoms with van der Waals surface area (Å²) in [5, 5.41) is 11.0. The number of ether oxygens (including phenoxy) is 1. The van der Waals surface area contributed by atoms with E-state index < -0.39 is 0 Å². The van der Waals surface area contributed by atoms with Crippen molar-refractivity contribution in [1.82, 2.24) is 20.2 Å². The number of anilines is 2. The molecule has 0 bridgehead atoms. The number of nitrogens with one attached hydrogen (secondary N) is 1. The van der Waals surface area contributed by atoms with Gasteiger partial charge in [0.15, 0.2) is 18.2 Å². The molecule has 0 radical (unpaired) electrons. The summed E-state index contributed by atoms with van der Waals surface area (Å²) in [5.74, 6) is 1.06. The Morgan fingerprint density at radius 3 is 2.74 bits per heavy atom. The molecule has 180 valence electrons. The van der Waals surface area contributed by atoms with Gasteiger partial charge in [-0.2, -0.15) is 0 Å². The van der Waals surface area contributed by atoms with Crippen molar-refractivity contribution < 1.29 is 23.0 Å². The third kappa shape index (κ3) is 5.24. The highest BCUT2D eigenvalue weighted by Gasteiger charge is 2.26. The van der Waals surface area contributed by atoms with Crippen molar-refractivity contribution in [2.24, 2.45) is 0 Å². The first-order chi connectivity index (χ1) is 17.2. The highest BCUT2D eigenvalue weighted by molar-refractivity contribution is 5.79. The third-order valence-corrected chi connectivity index (χ3v) is 5.63. The average molecular weight is 478 g/mol. The molecule has 0 saturated carbocycles. The Labute approximate surface area is 200 Å². The molecule has 35 heavy (non-hydrogen) atoms. The molecule has 0 atom stereocenters. The largest absolute Gasteiger partial charge is 0.468 e. The van der Waals surface area contributed by atoms with Crippen LogP contribution in [0, 0.1) is 5.82 Å². The van der Waals surface area contributed by atoms with Crippen LogP contribution in [-0.2, 0) is 11.3 Å². The number of rotatable bonds is 8. The predicted molar refractivity (Wildman–Crippen MR) is 124 cm³/mol. The van der Waals surface area contributed by atoms with Gasteiger partial charge < -0.3 is 28.9 Å². The number of benzene rings is 1. The summed E-state index contributed by atoms with van der Waals surface area (Å²) in [7, 11) is 0. The van der Waals surface area contributed by atoms with Crippen molar-refractivity contribution in [3.8, 4) is 17.1 Å². The van der Waals surface area contributed by atoms with E-state index in [9.17, 15) is 9.18 Å². The van der Waals surface area contributed by atoms with Gasteiger partial charge in [-0.3, -0.25) is 4.79 Å². The first kappa shape index (κ1) is 22.4. The van der Waals surface area contributed by atoms with Gasteiger partial charge in [0, 0.05) is 56.1 Å². The van der Waals surface area contributed by atoms with Gasteiger partial charge in [-0.15, -0.1) is 0 Å². The zero-order chi connectivity index (χ0) is 24.0. The summed E-state index contributed by atoms with van der Waals surface area (Å²) in [6.45, 7) is 2.11. The molecule has 1 N–H and O–H groups in total. The van der Waals surface area contributed by atoms with Gasteiger partial charge in [0.1, 0.15) is 17.8 Å². The number of piperazine rings is 1. The molecule has 1 aliphatic heterocycles. The molecule has 11 heteroatoms. The Morgan fingerprint density at radius 1 is 1.09 bits per heavy atom. The minimum atomic E-state index is -0.356. The van der Waals surface area contributed by atoms with E-state index in [1.54, 1.807) is 47.5 Å². The molecular formula is C24H23FN6O4. The number of nitrogens with zero attached hydrogens (tertiary/aromatic N) is 5. The Kier molecular flexibility index (Phi) is 6.55. The van der Waals surface area contributed by atoms with E-state index in [0.717, 1.165) is 0 Å². The molecule has 5 rings (SSSR count). The van der Waals surface area contributed by atoms with Crippen LogP contribution < -0.4 is 15.0 Å². The molecule has 1 amide bonds. The lowest BCUT2D eigenvalue weighted by Gasteiger charge is -2.36. The quantitative estimate of drug-likeness (QED) is 0.408. The van der Waals surface area contributed by atoms with Crippen molar-refractivity contribution in [3.63, 3.8) is 0 Å². The molecule has 4 aromatic rings. The summed E-state index contributed by atoms with van der Waals surface area (Å²) < 4.78 is 30.7. The molecule has 1 saturated heterocycles. The van der Waals surface area contributed by atoms with Crippen molar-refractivity contribution in [2.45, 2.75) is 6.54 Å². The van der Waals surface area contributed by atoms with Gasteiger partial charge in [-0.05, 0) is 12.1 Å². The fourth-order valence-electron chi connectivity index (χ4n) is 3.89. The zero-order valence-corrected chi connectivity index (χ0v) is 18.8. The van der Waals surface area contributed by atoms with Crippen LogP contribution in [0.15, 0.2) is 70.0 Å². The maximum Gasteiger partial charge on any atom is 0.260 e. The number of carbonyl (C=O) groups excluding carboxylic acids is 1. The Morgan fingerprint density at radius 2 is 1.97 bits per heavy atom. The molecule has 10 nitrogen and oxygen atoms in total. The van der Waals surface area contributed by atoms with Crippen LogP contribution in [0.25, 0.3) is 11.3 Å². The average Bonchev–Trinajstić information content (AvgIpc) is 3.59. The van der Waals surface area contributed by atoms with Gasteiger partial charge in [0.25, 0.3) is 5.91 Å². The first-order valence-corrected chi connectivity index (χ1v) is 11.1. The molecule has 3 aromatic heterocycles. The predicted octanol–water partition coefficient (Wildman–Crippen LogP) is 3.20. The van der Waals surface area contributed by atoms with Gasteiger partial charge in [0.05, 0.1) is 12.2 Å². The fourth-order valence-corrected chi connectivity index (χ4v) is 3.89. The summed E-state index contributed by atoms with van der Waals surface area (Å²) in [6.07, 6.45) is 3.07. The van der Waals surface area contributed by atoms with Crippen molar-refractivity contribution in [1.29, 1.82) is 0 Å². The maximum absolute atomic E-state index is 15.0. The van der Waals surface area contributed by atoms with Crippen LogP contribution >= 0.6 is 0 Å². The van der Waals surface area contributed by atoms with E-state index in [0.29, 0.717) is 67.1 Å². The monoisotopic (exact) mass is 478 g/mol. The number of carbonyl (C=O) groups is 1. The van der Waals surface area contributed by atoms with E-state index in [1.807, 2.05) is 11.0 Å². The van der Waals surface area contributed by atoms with Gasteiger partial charge in [0.2, 0.25) is 5.88 Å². The van der Waals surface area contributed by atoms with Crippen LogP contribution in [0.5, 0.6) is 5.88 Å². The third-order valence-electron chi connectivity index (χ3n) is 5.63. The zero-order valence-electron chi connectivity index (χ0n) is 18.8. The molecule has 0 aliphatic carbocycles. The highest BCUT2D eigenvalue weighted by Crippen LogP contribution is 2.33. The molecule has 0 spiro atoms. The van der Waals surface area contributed by atoms with E-state index in [2.05, 4.69) is 20.6 Å². The lowest BCUT2D eigenvalue weighted by molar-refractivity contribution is -0.133. The molecule has 1 aliphatic rings. The smallest absolute Gasteiger partial charge is 0.260 e. The number of pyridine rings is 1. The van der Waals surface area contributed by atoms with Gasteiger partial charge in [-0.1, -0.05) is 28.5 Å². The van der Waals surface area contributed by atoms with Crippen LogP contribution in [0.4, 0.5) is 15.9 Å². The summed E-state index contributed by atoms with van der Waals surface area (Å²) in [5.41, 5.74) is 1.59. The number of para-hydroxylation sites is 1. The lowest BCUT2D eigenvalue weighted by Crippen LogP contribution is -2.50. The van der Waals surface area contributed by atoms with Crippen molar-refractivity contribution >= 4 is 17.4 Å². The Hall–Kier alpha value is -4.41. The molecular weight excluding hydrogens is 455 g/mol. The van der Waals surface area contributed by atoms with Crippen LogP contribution in [-0.4, -0.2) is 58.9 Å². The number of halogens is 1. The number of aromatic nitrogens is 3. The maximum atomic E-state index is 15.0. The topological polar surface area (TPSA) is 110 Å². The van der Waals surface area contributed by atoms with E-state index in [1.165, 1.54) is 12.3 Å². The molecule has 0 unspecified atom stereocenters. The minimum Gasteiger partial charge on any atom is -0.468 e. The Bertz CT molecular complexity index is 1260. The van der Waals surface area contributed by atoms with Crippen molar-refractivity contribution in [3.05, 3.63) is 72.6 Å². The van der Waals surface area contributed by atoms with Gasteiger partial charge in [-0.25, -0.2) is 9.37 Å². The molecule has 1 fully saturated rings. The van der Waals surface area contributed by atoms with E-state index >= 15 is 0 Å². The minimum absolute atomic E-state index is 0.0912. The molecule has 1 aromatic carbocycles. The number of hydrogen-bond donors (Lipinski definition) is 1. The van der Waals surface area contributed by atoms with Crippen LogP contribution in [0.1, 0.15) is 5.76 Å². The number of amides is 1. The van der Waals surface area contributed by atoms with Gasteiger partial charge >= 0.3 is 0 Å². The Balaban J connectivity index is 1.23. The van der Waals surface area contributed by atoms with E-state index in [4.69, 9.17) is 13.8 Å². The fraction of sp³-hybridized carbons (Fsp3) is 0.250. The summed E-state index contributed by atoms with van der Waals surface area (Å²) in [6, 6.07) is 13.6. The van der Waals surface area contributed by atoms with Crippen molar-refractivity contribution in [2.75, 3.05) is 43.0 Å². The summed E-state index contributed by atoms with van der Waals surface area (Å²) >= 11 is 0. The second-order valence-corrected chi connectivity index (χ2v) is 7.88. The highest BCUT2D eigenvalue weighted by atomic mass is 19.1.